The van der Waals surface area contributed by atoms with Crippen molar-refractivity contribution in [3.05, 3.63) is 34.1 Å². The number of carbonyl (C=O) groups is 1. The standard InChI is InChI=1S/C15H20BrFO3/c1-14(2,3)20-13(19)8-15(4,9-18)11-7-10(16)5-6-12(11)17/h5-7,18H,8-9H2,1-4H3. The van der Waals surface area contributed by atoms with Gasteiger partial charge in [0.25, 0.3) is 0 Å². The van der Waals surface area contributed by atoms with Gasteiger partial charge in [-0.2, -0.15) is 0 Å². The summed E-state index contributed by atoms with van der Waals surface area (Å²) in [5, 5.41) is 9.61. The predicted octanol–water partition coefficient (Wildman–Crippen LogP) is 3.57. The van der Waals surface area contributed by atoms with E-state index < -0.39 is 22.8 Å². The fraction of sp³-hybridized carbons (Fsp3) is 0.533. The zero-order valence-corrected chi connectivity index (χ0v) is 13.8. The smallest absolute Gasteiger partial charge is 0.307 e. The maximum absolute atomic E-state index is 14.0. The molecule has 5 heteroatoms. The van der Waals surface area contributed by atoms with Gasteiger partial charge in [-0.3, -0.25) is 4.79 Å². The first-order chi connectivity index (χ1) is 9.07. The predicted molar refractivity (Wildman–Crippen MR) is 79.0 cm³/mol. The third-order valence-corrected chi connectivity index (χ3v) is 3.38. The van der Waals surface area contributed by atoms with E-state index in [1.165, 1.54) is 6.07 Å². The van der Waals surface area contributed by atoms with Gasteiger partial charge in [0.15, 0.2) is 0 Å². The topological polar surface area (TPSA) is 46.5 Å². The SMILES string of the molecule is CC(C)(C)OC(=O)CC(C)(CO)c1cc(Br)ccc1F. The van der Waals surface area contributed by atoms with E-state index in [9.17, 15) is 14.3 Å². The Morgan fingerprint density at radius 1 is 1.35 bits per heavy atom. The van der Waals surface area contributed by atoms with Crippen molar-refractivity contribution in [2.24, 2.45) is 0 Å². The minimum absolute atomic E-state index is 0.0891. The van der Waals surface area contributed by atoms with Crippen molar-refractivity contribution in [3.8, 4) is 0 Å². The summed E-state index contributed by atoms with van der Waals surface area (Å²) in [6.45, 7) is 6.59. The summed E-state index contributed by atoms with van der Waals surface area (Å²) in [4.78, 5) is 11.9. The number of hydrogen-bond acceptors (Lipinski definition) is 3. The van der Waals surface area contributed by atoms with E-state index in [-0.39, 0.29) is 13.0 Å². The van der Waals surface area contributed by atoms with Crippen molar-refractivity contribution in [1.82, 2.24) is 0 Å². The first-order valence-corrected chi connectivity index (χ1v) is 7.15. The lowest BCUT2D eigenvalue weighted by Gasteiger charge is -2.29. The van der Waals surface area contributed by atoms with Gasteiger partial charge >= 0.3 is 5.97 Å². The van der Waals surface area contributed by atoms with Gasteiger partial charge in [-0.1, -0.05) is 22.9 Å². The molecule has 1 N–H and O–H groups in total. The number of ether oxygens (including phenoxy) is 1. The number of benzene rings is 1. The first-order valence-electron chi connectivity index (χ1n) is 6.36. The molecule has 0 saturated heterocycles. The molecule has 0 aromatic heterocycles. The molecular formula is C15H20BrFO3. The van der Waals surface area contributed by atoms with Crippen molar-refractivity contribution in [2.45, 2.75) is 45.1 Å². The average molecular weight is 347 g/mol. The van der Waals surface area contributed by atoms with Crippen molar-refractivity contribution >= 4 is 21.9 Å². The van der Waals surface area contributed by atoms with Crippen molar-refractivity contribution in [1.29, 1.82) is 0 Å². The third-order valence-electron chi connectivity index (χ3n) is 2.88. The number of rotatable bonds is 4. The van der Waals surface area contributed by atoms with Crippen LogP contribution in [0.15, 0.2) is 22.7 Å². The highest BCUT2D eigenvalue weighted by Gasteiger charge is 2.33. The molecular weight excluding hydrogens is 327 g/mol. The lowest BCUT2D eigenvalue weighted by atomic mass is 9.80. The summed E-state index contributed by atoms with van der Waals surface area (Å²) < 4.78 is 19.9. The quantitative estimate of drug-likeness (QED) is 0.847. The van der Waals surface area contributed by atoms with E-state index in [0.29, 0.717) is 10.0 Å². The van der Waals surface area contributed by atoms with Crippen molar-refractivity contribution in [2.75, 3.05) is 6.61 Å². The summed E-state index contributed by atoms with van der Waals surface area (Å²) in [7, 11) is 0. The van der Waals surface area contributed by atoms with E-state index in [2.05, 4.69) is 15.9 Å². The normalized spacial score (nSPS) is 14.8. The lowest BCUT2D eigenvalue weighted by Crippen LogP contribution is -2.34. The molecule has 0 saturated carbocycles. The third kappa shape index (κ3) is 4.56. The number of esters is 1. The number of aliphatic hydroxyl groups is 1. The molecule has 0 radical (unpaired) electrons. The van der Waals surface area contributed by atoms with Crippen LogP contribution in [0, 0.1) is 5.82 Å². The molecule has 0 bridgehead atoms. The molecule has 0 amide bonds. The second-order valence-electron chi connectivity index (χ2n) is 6.11. The molecule has 1 unspecified atom stereocenters. The summed E-state index contributed by atoms with van der Waals surface area (Å²) in [6, 6.07) is 4.46. The van der Waals surface area contributed by atoms with Gasteiger partial charge in [0.2, 0.25) is 0 Å². The van der Waals surface area contributed by atoms with Gasteiger partial charge in [0.1, 0.15) is 11.4 Å². The highest BCUT2D eigenvalue weighted by Crippen LogP contribution is 2.32. The lowest BCUT2D eigenvalue weighted by molar-refractivity contribution is -0.156. The van der Waals surface area contributed by atoms with Gasteiger partial charge in [-0.15, -0.1) is 0 Å². The molecule has 1 aromatic rings. The Kier molecular flexibility index (Phi) is 5.33. The number of aliphatic hydroxyl groups excluding tert-OH is 1. The second-order valence-corrected chi connectivity index (χ2v) is 7.02. The van der Waals surface area contributed by atoms with Crippen LogP contribution in [0.25, 0.3) is 0 Å². The second kappa shape index (κ2) is 6.22. The van der Waals surface area contributed by atoms with Crippen LogP contribution in [0.1, 0.15) is 39.7 Å². The van der Waals surface area contributed by atoms with E-state index in [1.807, 2.05) is 0 Å². The number of halogens is 2. The van der Waals surface area contributed by atoms with Crippen LogP contribution in [-0.2, 0) is 14.9 Å². The monoisotopic (exact) mass is 346 g/mol. The maximum Gasteiger partial charge on any atom is 0.307 e. The summed E-state index contributed by atoms with van der Waals surface area (Å²) in [5.74, 6) is -0.915. The first kappa shape index (κ1) is 17.1. The Morgan fingerprint density at radius 3 is 2.45 bits per heavy atom. The van der Waals surface area contributed by atoms with Gasteiger partial charge in [-0.25, -0.2) is 4.39 Å². The Morgan fingerprint density at radius 2 is 1.95 bits per heavy atom. The number of hydrogen-bond donors (Lipinski definition) is 1. The van der Waals surface area contributed by atoms with Gasteiger partial charge in [0, 0.05) is 9.89 Å². The van der Waals surface area contributed by atoms with E-state index in [1.54, 1.807) is 39.8 Å². The Bertz CT molecular complexity index is 496. The maximum atomic E-state index is 14.0. The highest BCUT2D eigenvalue weighted by molar-refractivity contribution is 9.10. The van der Waals surface area contributed by atoms with Gasteiger partial charge in [0.05, 0.1) is 13.0 Å². The average Bonchev–Trinajstić information content (AvgIpc) is 2.29. The largest absolute Gasteiger partial charge is 0.460 e. The van der Waals surface area contributed by atoms with Gasteiger partial charge < -0.3 is 9.84 Å². The molecule has 0 fully saturated rings. The fourth-order valence-electron chi connectivity index (χ4n) is 1.89. The van der Waals surface area contributed by atoms with Gasteiger partial charge in [-0.05, 0) is 44.5 Å². The minimum atomic E-state index is -1.02. The van der Waals surface area contributed by atoms with Crippen LogP contribution in [0.5, 0.6) is 0 Å². The Labute approximate surface area is 127 Å². The molecule has 20 heavy (non-hydrogen) atoms. The minimum Gasteiger partial charge on any atom is -0.460 e. The summed E-state index contributed by atoms with van der Waals surface area (Å²) in [5.41, 5.74) is -1.33. The van der Waals surface area contributed by atoms with Crippen molar-refractivity contribution < 1.29 is 19.0 Å². The Balaban J connectivity index is 3.03. The molecule has 0 heterocycles. The number of carbonyl (C=O) groups excluding carboxylic acids is 1. The molecule has 112 valence electrons. The molecule has 0 aliphatic heterocycles. The molecule has 0 aliphatic rings. The fourth-order valence-corrected chi connectivity index (χ4v) is 2.25. The molecule has 1 aromatic carbocycles. The summed E-state index contributed by atoms with van der Waals surface area (Å²) in [6.07, 6.45) is -0.0891. The zero-order chi connectivity index (χ0) is 15.6. The van der Waals surface area contributed by atoms with E-state index in [0.717, 1.165) is 0 Å². The van der Waals surface area contributed by atoms with Crippen molar-refractivity contribution in [3.63, 3.8) is 0 Å². The molecule has 3 nitrogen and oxygen atoms in total. The van der Waals surface area contributed by atoms with E-state index >= 15 is 0 Å². The molecule has 0 aliphatic carbocycles. The highest BCUT2D eigenvalue weighted by atomic mass is 79.9. The van der Waals surface area contributed by atoms with Crippen LogP contribution in [0.2, 0.25) is 0 Å². The van der Waals surface area contributed by atoms with Crippen LogP contribution in [0.3, 0.4) is 0 Å². The molecule has 0 spiro atoms. The summed E-state index contributed by atoms with van der Waals surface area (Å²) >= 11 is 3.27. The van der Waals surface area contributed by atoms with Crippen LogP contribution >= 0.6 is 15.9 Å². The van der Waals surface area contributed by atoms with Crippen LogP contribution < -0.4 is 0 Å². The van der Waals surface area contributed by atoms with Crippen LogP contribution in [0.4, 0.5) is 4.39 Å². The molecule has 1 rings (SSSR count). The van der Waals surface area contributed by atoms with E-state index in [4.69, 9.17) is 4.74 Å². The molecule has 1 atom stereocenters. The van der Waals surface area contributed by atoms with Crippen LogP contribution in [-0.4, -0.2) is 23.3 Å². The zero-order valence-electron chi connectivity index (χ0n) is 12.2. The Hall–Kier alpha value is -0.940.